The lowest BCUT2D eigenvalue weighted by molar-refractivity contribution is 0.104. The topological polar surface area (TPSA) is 94.5 Å². The molecule has 1 fully saturated rings. The van der Waals surface area contributed by atoms with Crippen molar-refractivity contribution in [2.75, 3.05) is 32.7 Å². The van der Waals surface area contributed by atoms with E-state index in [0.29, 0.717) is 19.1 Å². The maximum Gasteiger partial charge on any atom is 0.345 e. The van der Waals surface area contributed by atoms with Gasteiger partial charge in [0, 0.05) is 38.8 Å². The molecule has 2 rings (SSSR count). The minimum atomic E-state index is -0.850. The van der Waals surface area contributed by atoms with Crippen molar-refractivity contribution in [3.8, 4) is 5.88 Å². The van der Waals surface area contributed by atoms with Crippen molar-refractivity contribution < 1.29 is 5.11 Å². The minimum Gasteiger partial charge on any atom is -0.488 e. The molecule has 8 heteroatoms. The Hall–Kier alpha value is -1.67. The quantitative estimate of drug-likeness (QED) is 0.710. The Morgan fingerprint density at radius 2 is 1.85 bits per heavy atom. The number of nitrogens with zero attached hydrogens (tertiary/aromatic N) is 4. The second-order valence-electron chi connectivity index (χ2n) is 5.28. The molecule has 2 heterocycles. The SMILES string of the molecule is CC(C)N1CCN(CCn2nc(O)c(=O)[nH]c2=O)CC1. The van der Waals surface area contributed by atoms with Crippen LogP contribution < -0.4 is 11.2 Å². The molecule has 0 atom stereocenters. The highest BCUT2D eigenvalue weighted by atomic mass is 16.3. The third-order valence-electron chi connectivity index (χ3n) is 3.64. The highest BCUT2D eigenvalue weighted by Crippen LogP contribution is 2.05. The lowest BCUT2D eigenvalue weighted by atomic mass is 10.2. The molecule has 20 heavy (non-hydrogen) atoms. The fraction of sp³-hybridized carbons (Fsp3) is 0.750. The smallest absolute Gasteiger partial charge is 0.345 e. The highest BCUT2D eigenvalue weighted by Gasteiger charge is 2.18. The van der Waals surface area contributed by atoms with Gasteiger partial charge in [-0.05, 0) is 13.8 Å². The Morgan fingerprint density at radius 3 is 2.45 bits per heavy atom. The molecule has 0 unspecified atom stereocenters. The van der Waals surface area contributed by atoms with E-state index in [-0.39, 0.29) is 0 Å². The zero-order valence-corrected chi connectivity index (χ0v) is 11.9. The lowest BCUT2D eigenvalue weighted by Crippen LogP contribution is -2.49. The fourth-order valence-electron chi connectivity index (χ4n) is 2.31. The van der Waals surface area contributed by atoms with Crippen molar-refractivity contribution in [2.24, 2.45) is 0 Å². The summed E-state index contributed by atoms with van der Waals surface area (Å²) >= 11 is 0. The fourth-order valence-corrected chi connectivity index (χ4v) is 2.31. The Balaban J connectivity index is 1.89. The monoisotopic (exact) mass is 283 g/mol. The molecule has 1 aliphatic rings. The predicted octanol–water partition coefficient (Wildman–Crippen LogP) is -1.34. The number of nitrogens with one attached hydrogen (secondary N) is 1. The van der Waals surface area contributed by atoms with Crippen LogP contribution in [0.1, 0.15) is 13.8 Å². The van der Waals surface area contributed by atoms with Gasteiger partial charge in [-0.25, -0.2) is 9.48 Å². The van der Waals surface area contributed by atoms with Crippen LogP contribution >= 0.6 is 0 Å². The van der Waals surface area contributed by atoms with Gasteiger partial charge in [0.05, 0.1) is 6.54 Å². The van der Waals surface area contributed by atoms with Crippen molar-refractivity contribution in [2.45, 2.75) is 26.4 Å². The van der Waals surface area contributed by atoms with E-state index in [2.05, 4.69) is 28.7 Å². The van der Waals surface area contributed by atoms with Crippen LogP contribution in [0.5, 0.6) is 5.88 Å². The standard InChI is InChI=1S/C12H21N5O3/c1-9(2)16-6-3-15(4-7-16)5-8-17-12(20)13-10(18)11(19)14-17/h9H,3-8H2,1-2H3,(H,14,19)(H,13,18,20). The first-order valence-corrected chi connectivity index (χ1v) is 6.84. The molecule has 0 bridgehead atoms. The molecule has 0 amide bonds. The Bertz CT molecular complexity index is 557. The van der Waals surface area contributed by atoms with Crippen LogP contribution in [0.2, 0.25) is 0 Å². The van der Waals surface area contributed by atoms with E-state index in [0.717, 1.165) is 30.9 Å². The van der Waals surface area contributed by atoms with Crippen molar-refractivity contribution in [3.63, 3.8) is 0 Å². The van der Waals surface area contributed by atoms with E-state index < -0.39 is 17.1 Å². The molecule has 0 aromatic carbocycles. The van der Waals surface area contributed by atoms with Crippen LogP contribution in [0.15, 0.2) is 9.59 Å². The number of aromatic hydroxyl groups is 1. The maximum absolute atomic E-state index is 11.5. The van der Waals surface area contributed by atoms with Crippen LogP contribution in [-0.4, -0.2) is 68.4 Å². The van der Waals surface area contributed by atoms with Crippen molar-refractivity contribution in [1.29, 1.82) is 0 Å². The molecule has 0 spiro atoms. The van der Waals surface area contributed by atoms with E-state index in [4.69, 9.17) is 0 Å². The third kappa shape index (κ3) is 3.45. The van der Waals surface area contributed by atoms with E-state index >= 15 is 0 Å². The van der Waals surface area contributed by atoms with E-state index in [9.17, 15) is 14.7 Å². The molecule has 8 nitrogen and oxygen atoms in total. The average molecular weight is 283 g/mol. The number of aromatic amines is 1. The zero-order chi connectivity index (χ0) is 14.7. The largest absolute Gasteiger partial charge is 0.488 e. The first-order chi connectivity index (χ1) is 9.47. The van der Waals surface area contributed by atoms with Gasteiger partial charge in [-0.15, -0.1) is 5.10 Å². The van der Waals surface area contributed by atoms with Crippen LogP contribution in [0.3, 0.4) is 0 Å². The first-order valence-electron chi connectivity index (χ1n) is 6.84. The summed E-state index contributed by atoms with van der Waals surface area (Å²) in [7, 11) is 0. The van der Waals surface area contributed by atoms with Gasteiger partial charge in [-0.1, -0.05) is 0 Å². The van der Waals surface area contributed by atoms with Gasteiger partial charge < -0.3 is 5.11 Å². The summed E-state index contributed by atoms with van der Waals surface area (Å²) in [6.07, 6.45) is 0. The van der Waals surface area contributed by atoms with Crippen LogP contribution in [-0.2, 0) is 6.54 Å². The molecule has 112 valence electrons. The minimum absolute atomic E-state index is 0.352. The first kappa shape index (κ1) is 14.7. The van der Waals surface area contributed by atoms with Gasteiger partial charge in [-0.2, -0.15) is 0 Å². The van der Waals surface area contributed by atoms with Gasteiger partial charge in [0.25, 0.3) is 5.88 Å². The number of rotatable bonds is 4. The maximum atomic E-state index is 11.5. The third-order valence-corrected chi connectivity index (χ3v) is 3.64. The molecular formula is C12H21N5O3. The zero-order valence-electron chi connectivity index (χ0n) is 11.9. The van der Waals surface area contributed by atoms with Gasteiger partial charge in [0.1, 0.15) is 0 Å². The second kappa shape index (κ2) is 6.19. The van der Waals surface area contributed by atoms with Gasteiger partial charge in [-0.3, -0.25) is 19.6 Å². The summed E-state index contributed by atoms with van der Waals surface area (Å²) in [6.45, 7) is 9.30. The average Bonchev–Trinajstić information content (AvgIpc) is 2.42. The molecule has 1 aliphatic heterocycles. The normalized spacial score (nSPS) is 17.8. The van der Waals surface area contributed by atoms with E-state index in [1.807, 2.05) is 4.98 Å². The van der Waals surface area contributed by atoms with Gasteiger partial charge in [0.2, 0.25) is 0 Å². The summed E-state index contributed by atoms with van der Waals surface area (Å²) in [5.74, 6) is -0.672. The molecule has 1 saturated heterocycles. The predicted molar refractivity (Wildman–Crippen MR) is 73.9 cm³/mol. The molecule has 1 aromatic rings. The summed E-state index contributed by atoms with van der Waals surface area (Å²) in [4.78, 5) is 29.2. The summed E-state index contributed by atoms with van der Waals surface area (Å²) in [6, 6.07) is 0.553. The molecular weight excluding hydrogens is 262 g/mol. The highest BCUT2D eigenvalue weighted by molar-refractivity contribution is 4.96. The van der Waals surface area contributed by atoms with Crippen LogP contribution in [0.25, 0.3) is 0 Å². The molecule has 1 aromatic heterocycles. The second-order valence-corrected chi connectivity index (χ2v) is 5.28. The Labute approximate surface area is 116 Å². The number of hydrogen-bond acceptors (Lipinski definition) is 6. The van der Waals surface area contributed by atoms with Crippen molar-refractivity contribution >= 4 is 0 Å². The molecule has 0 aliphatic carbocycles. The van der Waals surface area contributed by atoms with E-state index in [1.165, 1.54) is 0 Å². The van der Waals surface area contributed by atoms with Crippen LogP contribution in [0, 0.1) is 0 Å². The molecule has 2 N–H and O–H groups in total. The molecule has 0 radical (unpaired) electrons. The summed E-state index contributed by atoms with van der Waals surface area (Å²) in [5, 5.41) is 12.8. The Morgan fingerprint density at radius 1 is 1.20 bits per heavy atom. The van der Waals surface area contributed by atoms with Crippen molar-refractivity contribution in [1.82, 2.24) is 24.6 Å². The van der Waals surface area contributed by atoms with Crippen molar-refractivity contribution in [3.05, 3.63) is 20.8 Å². The lowest BCUT2D eigenvalue weighted by Gasteiger charge is -2.36. The Kier molecular flexibility index (Phi) is 4.56. The van der Waals surface area contributed by atoms with E-state index in [1.54, 1.807) is 0 Å². The summed E-state index contributed by atoms with van der Waals surface area (Å²) in [5.41, 5.74) is -1.44. The number of H-pyrrole nitrogens is 1. The van der Waals surface area contributed by atoms with Crippen LogP contribution in [0.4, 0.5) is 0 Å². The number of hydrogen-bond donors (Lipinski definition) is 2. The summed E-state index contributed by atoms with van der Waals surface area (Å²) < 4.78 is 1.09. The molecule has 0 saturated carbocycles. The van der Waals surface area contributed by atoms with Gasteiger partial charge in [0.15, 0.2) is 0 Å². The number of piperazine rings is 1. The van der Waals surface area contributed by atoms with Gasteiger partial charge >= 0.3 is 11.2 Å². The number of aromatic nitrogens is 3.